The molecule has 0 aliphatic heterocycles. The molecule has 32 heavy (non-hydrogen) atoms. The first-order chi connectivity index (χ1) is 14.8. The van der Waals surface area contributed by atoms with Gasteiger partial charge in [0.05, 0.1) is 11.3 Å². The van der Waals surface area contributed by atoms with Gasteiger partial charge in [0.2, 0.25) is 0 Å². The summed E-state index contributed by atoms with van der Waals surface area (Å²) in [6.07, 6.45) is -1.75. The van der Waals surface area contributed by atoms with Gasteiger partial charge in [-0.05, 0) is 51.0 Å². The van der Waals surface area contributed by atoms with Gasteiger partial charge in [0.1, 0.15) is 17.2 Å². The van der Waals surface area contributed by atoms with Crippen LogP contribution < -0.4 is 10.1 Å². The molecule has 2 aromatic carbocycles. The number of halogens is 3. The highest BCUT2D eigenvalue weighted by atomic mass is 19.2. The van der Waals surface area contributed by atoms with E-state index in [0.29, 0.717) is 12.1 Å². The van der Waals surface area contributed by atoms with Crippen LogP contribution in [0.15, 0.2) is 36.4 Å². The molecule has 1 unspecified atom stereocenters. The summed E-state index contributed by atoms with van der Waals surface area (Å²) in [6.45, 7) is 4.83. The number of hydrogen-bond acceptors (Lipinski definition) is 6. The Morgan fingerprint density at radius 1 is 1.06 bits per heavy atom. The first-order valence-electron chi connectivity index (χ1n) is 9.42. The highest BCUT2D eigenvalue weighted by Crippen LogP contribution is 2.20. The minimum Gasteiger partial charge on any atom is -0.444 e. The molecule has 0 aromatic heterocycles. The number of hydrogen-bond donors (Lipinski definition) is 1. The van der Waals surface area contributed by atoms with Crippen LogP contribution in [0.4, 0.5) is 23.7 Å². The van der Waals surface area contributed by atoms with Crippen LogP contribution in [0, 0.1) is 27.6 Å². The lowest BCUT2D eigenvalue weighted by Crippen LogP contribution is -2.42. The summed E-state index contributed by atoms with van der Waals surface area (Å²) in [4.78, 5) is 34.5. The van der Waals surface area contributed by atoms with E-state index in [9.17, 15) is 32.9 Å². The summed E-state index contributed by atoms with van der Waals surface area (Å²) < 4.78 is 51.0. The molecule has 0 saturated carbocycles. The third kappa shape index (κ3) is 7.56. The number of nitro groups is 1. The summed E-state index contributed by atoms with van der Waals surface area (Å²) in [6, 6.07) is 4.60. The van der Waals surface area contributed by atoms with E-state index < -0.39 is 52.5 Å². The molecule has 0 spiro atoms. The van der Waals surface area contributed by atoms with Crippen molar-refractivity contribution in [2.45, 2.75) is 45.3 Å². The van der Waals surface area contributed by atoms with Crippen molar-refractivity contribution in [2.24, 2.45) is 0 Å². The number of nitrogens with zero attached hydrogens (tertiary/aromatic N) is 1. The number of nitro benzene ring substituents is 1. The molecule has 0 radical (unpaired) electrons. The Kier molecular flexibility index (Phi) is 7.79. The number of non-ortho nitro benzene ring substituents is 1. The van der Waals surface area contributed by atoms with Gasteiger partial charge in [0.25, 0.3) is 5.69 Å². The lowest BCUT2D eigenvalue weighted by molar-refractivity contribution is -0.384. The molecule has 1 N–H and O–H groups in total. The van der Waals surface area contributed by atoms with Gasteiger partial charge in [-0.25, -0.2) is 18.0 Å². The van der Waals surface area contributed by atoms with E-state index in [-0.39, 0.29) is 23.4 Å². The second-order valence-corrected chi connectivity index (χ2v) is 7.83. The molecule has 0 bridgehead atoms. The third-order valence-corrected chi connectivity index (χ3v) is 3.97. The van der Waals surface area contributed by atoms with Crippen LogP contribution in [-0.2, 0) is 16.0 Å². The fourth-order valence-electron chi connectivity index (χ4n) is 2.64. The average Bonchev–Trinajstić information content (AvgIpc) is 2.64. The number of nitrogens with one attached hydrogen (secondary N) is 1. The van der Waals surface area contributed by atoms with E-state index in [1.807, 2.05) is 0 Å². The first kappa shape index (κ1) is 24.6. The number of carbonyl (C=O) groups is 2. The zero-order chi connectivity index (χ0) is 24.1. The second-order valence-electron chi connectivity index (χ2n) is 7.83. The summed E-state index contributed by atoms with van der Waals surface area (Å²) in [7, 11) is 0. The second kappa shape index (κ2) is 10.1. The molecular weight excluding hydrogens is 433 g/mol. The molecule has 0 fully saturated rings. The van der Waals surface area contributed by atoms with Crippen LogP contribution in [-0.4, -0.2) is 28.6 Å². The third-order valence-electron chi connectivity index (χ3n) is 3.97. The van der Waals surface area contributed by atoms with Crippen molar-refractivity contribution < 1.29 is 37.2 Å². The van der Waals surface area contributed by atoms with Gasteiger partial charge >= 0.3 is 12.1 Å². The van der Waals surface area contributed by atoms with Gasteiger partial charge in [0, 0.05) is 24.2 Å². The zero-order valence-corrected chi connectivity index (χ0v) is 17.5. The zero-order valence-electron chi connectivity index (χ0n) is 17.5. The molecule has 2 aromatic rings. The quantitative estimate of drug-likeness (QED) is 0.218. The maximum absolute atomic E-state index is 14.1. The molecular formula is C21H21F3N2O6. The van der Waals surface area contributed by atoms with E-state index in [0.717, 1.165) is 12.1 Å². The highest BCUT2D eigenvalue weighted by Gasteiger charge is 2.24. The van der Waals surface area contributed by atoms with Crippen molar-refractivity contribution in [1.82, 2.24) is 5.32 Å². The van der Waals surface area contributed by atoms with E-state index in [4.69, 9.17) is 9.47 Å². The lowest BCUT2D eigenvalue weighted by atomic mass is 10.0. The SMILES string of the molecule is CC(C)(C)OC(=O)NC(CC(=O)Oc1ccc([N+](=O)[O-])cc1)Cc1cc(F)c(F)cc1F. The van der Waals surface area contributed by atoms with Crippen molar-refractivity contribution >= 4 is 17.7 Å². The molecule has 11 heteroatoms. The molecule has 8 nitrogen and oxygen atoms in total. The smallest absolute Gasteiger partial charge is 0.407 e. The van der Waals surface area contributed by atoms with Crippen molar-refractivity contribution in [3.63, 3.8) is 0 Å². The monoisotopic (exact) mass is 454 g/mol. The Morgan fingerprint density at radius 2 is 1.66 bits per heavy atom. The van der Waals surface area contributed by atoms with Gasteiger partial charge < -0.3 is 14.8 Å². The van der Waals surface area contributed by atoms with Gasteiger partial charge in [-0.2, -0.15) is 0 Å². The summed E-state index contributed by atoms with van der Waals surface area (Å²) in [5.41, 5.74) is -1.34. The number of rotatable bonds is 7. The molecule has 0 saturated heterocycles. The Bertz CT molecular complexity index is 1010. The van der Waals surface area contributed by atoms with Crippen LogP contribution in [0.25, 0.3) is 0 Å². The normalized spacial score (nSPS) is 12.1. The van der Waals surface area contributed by atoms with Crippen LogP contribution in [0.2, 0.25) is 0 Å². The Hall–Kier alpha value is -3.63. The number of esters is 1. The molecule has 0 aliphatic carbocycles. The Morgan fingerprint density at radius 3 is 2.22 bits per heavy atom. The molecule has 0 heterocycles. The fourth-order valence-corrected chi connectivity index (χ4v) is 2.64. The van der Waals surface area contributed by atoms with Crippen molar-refractivity contribution in [2.75, 3.05) is 0 Å². The van der Waals surface area contributed by atoms with E-state index >= 15 is 0 Å². The molecule has 1 amide bonds. The van der Waals surface area contributed by atoms with Gasteiger partial charge in [-0.3, -0.25) is 14.9 Å². The topological polar surface area (TPSA) is 108 Å². The van der Waals surface area contributed by atoms with Crippen molar-refractivity contribution in [1.29, 1.82) is 0 Å². The standard InChI is InChI=1S/C21H21F3N2O6/c1-21(2,3)32-20(28)25-13(8-12-9-17(23)18(24)11-16(12)22)10-19(27)31-15-6-4-14(5-7-15)26(29)30/h4-7,9,11,13H,8,10H2,1-3H3,(H,25,28). The van der Waals surface area contributed by atoms with Crippen molar-refractivity contribution in [3.8, 4) is 5.75 Å². The van der Waals surface area contributed by atoms with Crippen LogP contribution in [0.3, 0.4) is 0 Å². The maximum Gasteiger partial charge on any atom is 0.407 e. The van der Waals surface area contributed by atoms with Crippen molar-refractivity contribution in [3.05, 3.63) is 69.5 Å². The summed E-state index contributed by atoms with van der Waals surface area (Å²) >= 11 is 0. The van der Waals surface area contributed by atoms with Crippen LogP contribution in [0.5, 0.6) is 5.75 Å². The average molecular weight is 454 g/mol. The molecule has 172 valence electrons. The molecule has 1 atom stereocenters. The molecule has 0 aliphatic rings. The Balaban J connectivity index is 2.15. The van der Waals surface area contributed by atoms with Gasteiger partial charge in [0.15, 0.2) is 11.6 Å². The number of amides is 1. The summed E-state index contributed by atoms with van der Waals surface area (Å²) in [5.74, 6) is -4.56. The van der Waals surface area contributed by atoms with Crippen LogP contribution in [0.1, 0.15) is 32.8 Å². The molecule has 2 rings (SSSR count). The minimum absolute atomic E-state index is 0.00984. The number of carbonyl (C=O) groups excluding carboxylic acids is 2. The summed E-state index contributed by atoms with van der Waals surface area (Å²) in [5, 5.41) is 13.1. The number of benzene rings is 2. The lowest BCUT2D eigenvalue weighted by Gasteiger charge is -2.23. The predicted molar refractivity (Wildman–Crippen MR) is 107 cm³/mol. The van der Waals surface area contributed by atoms with E-state index in [2.05, 4.69) is 5.32 Å². The van der Waals surface area contributed by atoms with Gasteiger partial charge in [-0.15, -0.1) is 0 Å². The van der Waals surface area contributed by atoms with E-state index in [1.54, 1.807) is 20.8 Å². The fraction of sp³-hybridized carbons (Fsp3) is 0.333. The number of alkyl carbamates (subject to hydrolysis) is 1. The predicted octanol–water partition coefficient (Wildman–Crippen LogP) is 4.44. The highest BCUT2D eigenvalue weighted by molar-refractivity contribution is 5.75. The van der Waals surface area contributed by atoms with Crippen LogP contribution >= 0.6 is 0 Å². The number of ether oxygens (including phenoxy) is 2. The maximum atomic E-state index is 14.1. The van der Waals surface area contributed by atoms with Gasteiger partial charge in [-0.1, -0.05) is 0 Å². The Labute approximate surface area is 181 Å². The minimum atomic E-state index is -1.37. The van der Waals surface area contributed by atoms with E-state index in [1.165, 1.54) is 12.1 Å². The largest absolute Gasteiger partial charge is 0.444 e. The first-order valence-corrected chi connectivity index (χ1v) is 9.42.